The summed E-state index contributed by atoms with van der Waals surface area (Å²) in [6.45, 7) is 4.54. The fourth-order valence-corrected chi connectivity index (χ4v) is 2.73. The summed E-state index contributed by atoms with van der Waals surface area (Å²) >= 11 is 0. The van der Waals surface area contributed by atoms with E-state index < -0.39 is 0 Å². The molecule has 106 valence electrons. The van der Waals surface area contributed by atoms with E-state index in [1.807, 2.05) is 19.1 Å². The molecule has 2 rings (SSSR count). The summed E-state index contributed by atoms with van der Waals surface area (Å²) in [5, 5.41) is 0. The summed E-state index contributed by atoms with van der Waals surface area (Å²) in [7, 11) is 2.19. The highest BCUT2D eigenvalue weighted by Crippen LogP contribution is 2.29. The molecule has 2 N–H and O–H groups in total. The highest BCUT2D eigenvalue weighted by Gasteiger charge is 2.23. The Hall–Kier alpha value is -1.06. The Morgan fingerprint density at radius 3 is 2.47 bits per heavy atom. The number of nitrogens with two attached hydrogens (primary N) is 1. The van der Waals surface area contributed by atoms with Crippen LogP contribution in [0.4, 0.5) is 0 Å². The average Bonchev–Trinajstić information content (AvgIpc) is 2.37. The molecule has 0 aromatic heterocycles. The van der Waals surface area contributed by atoms with Gasteiger partial charge in [-0.05, 0) is 50.4 Å². The standard InChI is InChI=1S/C16H26N2O/c1-3-19-15-9-7-14(8-10-15)16(11-17)18(2)12-13-5-4-6-13/h7-10,13,16H,3-6,11-12,17H2,1-2H3. The van der Waals surface area contributed by atoms with Crippen LogP contribution in [0.1, 0.15) is 37.8 Å². The zero-order chi connectivity index (χ0) is 13.7. The molecule has 1 aliphatic carbocycles. The van der Waals surface area contributed by atoms with Gasteiger partial charge in [0.2, 0.25) is 0 Å². The molecule has 0 saturated heterocycles. The van der Waals surface area contributed by atoms with E-state index in [4.69, 9.17) is 10.5 Å². The van der Waals surface area contributed by atoms with Crippen molar-refractivity contribution in [1.29, 1.82) is 0 Å². The van der Waals surface area contributed by atoms with E-state index in [0.29, 0.717) is 19.2 Å². The van der Waals surface area contributed by atoms with Crippen molar-refractivity contribution in [1.82, 2.24) is 4.90 Å². The van der Waals surface area contributed by atoms with Crippen molar-refractivity contribution in [2.24, 2.45) is 11.7 Å². The lowest BCUT2D eigenvalue weighted by Gasteiger charge is -2.34. The molecular formula is C16H26N2O. The maximum absolute atomic E-state index is 5.96. The van der Waals surface area contributed by atoms with Crippen LogP contribution in [0.15, 0.2) is 24.3 Å². The van der Waals surface area contributed by atoms with Crippen molar-refractivity contribution >= 4 is 0 Å². The summed E-state index contributed by atoms with van der Waals surface area (Å²) in [6, 6.07) is 8.67. The van der Waals surface area contributed by atoms with E-state index in [9.17, 15) is 0 Å². The Morgan fingerprint density at radius 2 is 2.00 bits per heavy atom. The number of nitrogens with zero attached hydrogens (tertiary/aromatic N) is 1. The normalized spacial score (nSPS) is 17.3. The highest BCUT2D eigenvalue weighted by molar-refractivity contribution is 5.29. The summed E-state index contributed by atoms with van der Waals surface area (Å²) in [4.78, 5) is 2.40. The minimum absolute atomic E-state index is 0.316. The Balaban J connectivity index is 1.98. The molecule has 3 heteroatoms. The first-order valence-electron chi connectivity index (χ1n) is 7.37. The van der Waals surface area contributed by atoms with Crippen molar-refractivity contribution < 1.29 is 4.74 Å². The molecule has 0 amide bonds. The van der Waals surface area contributed by atoms with Crippen LogP contribution < -0.4 is 10.5 Å². The SMILES string of the molecule is CCOc1ccc(C(CN)N(C)CC2CCC2)cc1. The first-order valence-corrected chi connectivity index (χ1v) is 7.37. The van der Waals surface area contributed by atoms with Gasteiger partial charge in [-0.15, -0.1) is 0 Å². The number of likely N-dealkylation sites (N-methyl/N-ethyl adjacent to an activating group) is 1. The van der Waals surface area contributed by atoms with Gasteiger partial charge in [0.25, 0.3) is 0 Å². The third-order valence-corrected chi connectivity index (χ3v) is 4.10. The van der Waals surface area contributed by atoms with Crippen LogP contribution in [0.25, 0.3) is 0 Å². The van der Waals surface area contributed by atoms with E-state index in [1.54, 1.807) is 0 Å². The van der Waals surface area contributed by atoms with Gasteiger partial charge in [0.05, 0.1) is 6.61 Å². The van der Waals surface area contributed by atoms with Crippen LogP contribution in [-0.2, 0) is 0 Å². The molecule has 3 nitrogen and oxygen atoms in total. The second kappa shape index (κ2) is 6.92. The van der Waals surface area contributed by atoms with E-state index in [-0.39, 0.29) is 0 Å². The monoisotopic (exact) mass is 262 g/mol. The van der Waals surface area contributed by atoms with Crippen LogP contribution in [0, 0.1) is 5.92 Å². The molecule has 0 aliphatic heterocycles. The molecular weight excluding hydrogens is 236 g/mol. The summed E-state index contributed by atoms with van der Waals surface area (Å²) in [5.41, 5.74) is 7.25. The predicted molar refractivity (Wildman–Crippen MR) is 79.4 cm³/mol. The Kier molecular flexibility index (Phi) is 5.23. The summed E-state index contributed by atoms with van der Waals surface area (Å²) < 4.78 is 5.48. The second-order valence-corrected chi connectivity index (χ2v) is 5.49. The van der Waals surface area contributed by atoms with Crippen LogP contribution in [0.3, 0.4) is 0 Å². The van der Waals surface area contributed by atoms with Crippen LogP contribution in [0.5, 0.6) is 5.75 Å². The average molecular weight is 262 g/mol. The van der Waals surface area contributed by atoms with Gasteiger partial charge in [-0.1, -0.05) is 18.6 Å². The molecule has 1 aromatic carbocycles. The largest absolute Gasteiger partial charge is 0.494 e. The lowest BCUT2D eigenvalue weighted by Crippen LogP contribution is -2.36. The fourth-order valence-electron chi connectivity index (χ4n) is 2.73. The van der Waals surface area contributed by atoms with Gasteiger partial charge in [-0.25, -0.2) is 0 Å². The summed E-state index contributed by atoms with van der Waals surface area (Å²) in [6.07, 6.45) is 4.16. The zero-order valence-electron chi connectivity index (χ0n) is 12.1. The molecule has 0 bridgehead atoms. The van der Waals surface area contributed by atoms with E-state index in [1.165, 1.54) is 24.8 Å². The van der Waals surface area contributed by atoms with E-state index in [2.05, 4.69) is 24.1 Å². The number of ether oxygens (including phenoxy) is 1. The van der Waals surface area contributed by atoms with Crippen molar-refractivity contribution in [2.45, 2.75) is 32.2 Å². The molecule has 1 atom stereocenters. The minimum Gasteiger partial charge on any atom is -0.494 e. The number of hydrogen-bond donors (Lipinski definition) is 1. The predicted octanol–water partition coefficient (Wildman–Crippen LogP) is 2.82. The molecule has 0 spiro atoms. The van der Waals surface area contributed by atoms with Crippen molar-refractivity contribution in [3.8, 4) is 5.75 Å². The number of rotatable bonds is 7. The Morgan fingerprint density at radius 1 is 1.32 bits per heavy atom. The van der Waals surface area contributed by atoms with E-state index in [0.717, 1.165) is 18.2 Å². The van der Waals surface area contributed by atoms with Crippen molar-refractivity contribution in [2.75, 3.05) is 26.7 Å². The van der Waals surface area contributed by atoms with E-state index >= 15 is 0 Å². The molecule has 0 heterocycles. The zero-order valence-corrected chi connectivity index (χ0v) is 12.1. The first-order chi connectivity index (χ1) is 9.24. The van der Waals surface area contributed by atoms with Gasteiger partial charge in [0, 0.05) is 19.1 Å². The molecule has 1 aromatic rings. The molecule has 1 saturated carbocycles. The Bertz CT molecular complexity index is 373. The highest BCUT2D eigenvalue weighted by atomic mass is 16.5. The van der Waals surface area contributed by atoms with Gasteiger partial charge in [0.1, 0.15) is 5.75 Å². The topological polar surface area (TPSA) is 38.5 Å². The lowest BCUT2D eigenvalue weighted by molar-refractivity contribution is 0.165. The maximum Gasteiger partial charge on any atom is 0.119 e. The minimum atomic E-state index is 0.316. The number of benzene rings is 1. The van der Waals surface area contributed by atoms with Crippen molar-refractivity contribution in [3.63, 3.8) is 0 Å². The van der Waals surface area contributed by atoms with Gasteiger partial charge in [-0.2, -0.15) is 0 Å². The van der Waals surface area contributed by atoms with Gasteiger partial charge in [-0.3, -0.25) is 4.90 Å². The van der Waals surface area contributed by atoms with Crippen LogP contribution in [-0.4, -0.2) is 31.6 Å². The molecule has 19 heavy (non-hydrogen) atoms. The first kappa shape index (κ1) is 14.4. The lowest BCUT2D eigenvalue weighted by atomic mass is 9.85. The number of hydrogen-bond acceptors (Lipinski definition) is 3. The molecule has 1 unspecified atom stereocenters. The van der Waals surface area contributed by atoms with Gasteiger partial charge < -0.3 is 10.5 Å². The van der Waals surface area contributed by atoms with Crippen LogP contribution in [0.2, 0.25) is 0 Å². The second-order valence-electron chi connectivity index (χ2n) is 5.49. The van der Waals surface area contributed by atoms with Gasteiger partial charge >= 0.3 is 0 Å². The molecule has 1 aliphatic rings. The molecule has 1 fully saturated rings. The summed E-state index contributed by atoms with van der Waals surface area (Å²) in [5.74, 6) is 1.81. The quantitative estimate of drug-likeness (QED) is 0.821. The van der Waals surface area contributed by atoms with Crippen LogP contribution >= 0.6 is 0 Å². The molecule has 0 radical (unpaired) electrons. The van der Waals surface area contributed by atoms with Gasteiger partial charge in [0.15, 0.2) is 0 Å². The third-order valence-electron chi connectivity index (χ3n) is 4.10. The smallest absolute Gasteiger partial charge is 0.119 e. The Labute approximate surface area is 116 Å². The van der Waals surface area contributed by atoms with Crippen molar-refractivity contribution in [3.05, 3.63) is 29.8 Å². The fraction of sp³-hybridized carbons (Fsp3) is 0.625. The third kappa shape index (κ3) is 3.71. The maximum atomic E-state index is 5.96.